The van der Waals surface area contributed by atoms with E-state index in [4.69, 9.17) is 11.6 Å². The quantitative estimate of drug-likeness (QED) is 0.625. The number of rotatable bonds is 2. The van der Waals surface area contributed by atoms with E-state index in [0.29, 0.717) is 31.9 Å². The average molecular weight is 449 g/mol. The number of carbonyl (C=O) groups is 1. The van der Waals surface area contributed by atoms with E-state index in [9.17, 15) is 9.18 Å². The summed E-state index contributed by atoms with van der Waals surface area (Å²) in [6.45, 7) is 2.54. The molecule has 1 fully saturated rings. The summed E-state index contributed by atoms with van der Waals surface area (Å²) >= 11 is 9.46. The smallest absolute Gasteiger partial charge is 0.272 e. The van der Waals surface area contributed by atoms with Gasteiger partial charge in [0, 0.05) is 48.7 Å². The Kier molecular flexibility index (Phi) is 5.01. The van der Waals surface area contributed by atoms with Crippen LogP contribution in [0.3, 0.4) is 0 Å². The van der Waals surface area contributed by atoms with Gasteiger partial charge in [-0.25, -0.2) is 4.39 Å². The van der Waals surface area contributed by atoms with Gasteiger partial charge in [0.1, 0.15) is 11.5 Å². The predicted octanol–water partition coefficient (Wildman–Crippen LogP) is 4.54. The lowest BCUT2D eigenvalue weighted by atomic mass is 10.1. The molecule has 5 nitrogen and oxygen atoms in total. The second-order valence-corrected chi connectivity index (χ2v) is 9.71. The Hall–Kier alpha value is -2.03. The fourth-order valence-corrected chi connectivity index (χ4v) is 6.14. The number of piperazine rings is 1. The number of carbonyl (C=O) groups excluding carboxylic acids is 1. The van der Waals surface area contributed by atoms with E-state index in [-0.39, 0.29) is 10.9 Å². The number of thiophene rings is 1. The molecule has 2 aromatic heterocycles. The standard InChI is InChI=1S/C20H18ClFN4OS2/c21-15-11-12(1-2-16(15)22)25-5-7-26(8-6-25)19(27)18-13-3-9-28-20-14(4-10-29-20)17(13)23-24-18/h1-2,4,10-11H,3,5-9H2,(H,23,24). The van der Waals surface area contributed by atoms with Gasteiger partial charge in [0.05, 0.1) is 14.9 Å². The molecule has 1 aromatic carbocycles. The Morgan fingerprint density at radius 1 is 1.21 bits per heavy atom. The first-order valence-corrected chi connectivity index (χ1v) is 11.6. The van der Waals surface area contributed by atoms with Crippen molar-refractivity contribution in [1.82, 2.24) is 15.1 Å². The molecular weight excluding hydrogens is 431 g/mol. The highest BCUT2D eigenvalue weighted by molar-refractivity contribution is 8.01. The molecule has 3 aromatic rings. The van der Waals surface area contributed by atoms with Gasteiger partial charge in [-0.05, 0) is 36.1 Å². The minimum Gasteiger partial charge on any atom is -0.368 e. The van der Waals surface area contributed by atoms with Gasteiger partial charge in [-0.3, -0.25) is 9.89 Å². The number of H-pyrrole nitrogens is 1. The number of hydrogen-bond donors (Lipinski definition) is 1. The molecule has 4 heterocycles. The monoisotopic (exact) mass is 448 g/mol. The molecule has 1 amide bonds. The second-order valence-electron chi connectivity index (χ2n) is 7.02. The van der Waals surface area contributed by atoms with E-state index >= 15 is 0 Å². The second kappa shape index (κ2) is 7.66. The van der Waals surface area contributed by atoms with Gasteiger partial charge in [-0.15, -0.1) is 23.1 Å². The van der Waals surface area contributed by atoms with Gasteiger partial charge in [0.2, 0.25) is 0 Å². The normalized spacial score (nSPS) is 16.3. The summed E-state index contributed by atoms with van der Waals surface area (Å²) in [6.07, 6.45) is 0.826. The van der Waals surface area contributed by atoms with Crippen molar-refractivity contribution in [3.8, 4) is 11.3 Å². The maximum absolute atomic E-state index is 13.4. The summed E-state index contributed by atoms with van der Waals surface area (Å²) in [4.78, 5) is 17.2. The highest BCUT2D eigenvalue weighted by atomic mass is 35.5. The van der Waals surface area contributed by atoms with Gasteiger partial charge >= 0.3 is 0 Å². The third-order valence-corrected chi connectivity index (χ3v) is 7.91. The van der Waals surface area contributed by atoms with Gasteiger partial charge in [0.25, 0.3) is 5.91 Å². The number of fused-ring (bicyclic) bond motifs is 3. The fraction of sp³-hybridized carbons (Fsp3) is 0.300. The van der Waals surface area contributed by atoms with Gasteiger partial charge in [-0.1, -0.05) is 11.6 Å². The van der Waals surface area contributed by atoms with E-state index in [1.165, 1.54) is 10.3 Å². The SMILES string of the molecule is O=C(c1[nH]nc2c1CCSc1sccc1-2)N1CCN(c2ccc(F)c(Cl)c2)CC1. The van der Waals surface area contributed by atoms with Crippen molar-refractivity contribution in [2.24, 2.45) is 0 Å². The molecular formula is C20H18ClFN4OS2. The highest BCUT2D eigenvalue weighted by Gasteiger charge is 2.29. The number of nitrogens with one attached hydrogen (secondary N) is 1. The fourth-order valence-electron chi connectivity index (χ4n) is 3.84. The van der Waals surface area contributed by atoms with Crippen LogP contribution in [-0.2, 0) is 6.42 Å². The Morgan fingerprint density at radius 2 is 2.03 bits per heavy atom. The molecule has 0 aliphatic carbocycles. The molecule has 1 N–H and O–H groups in total. The summed E-state index contributed by atoms with van der Waals surface area (Å²) in [5.41, 5.74) is 4.54. The maximum atomic E-state index is 13.4. The van der Waals surface area contributed by atoms with E-state index in [0.717, 1.165) is 34.7 Å². The zero-order chi connectivity index (χ0) is 20.0. The van der Waals surface area contributed by atoms with Crippen LogP contribution in [0.5, 0.6) is 0 Å². The van der Waals surface area contributed by atoms with Gasteiger partial charge in [-0.2, -0.15) is 5.10 Å². The molecule has 0 spiro atoms. The van der Waals surface area contributed by atoms with Crippen LogP contribution in [0.15, 0.2) is 33.9 Å². The number of halogens is 2. The Labute approximate surface area is 180 Å². The van der Waals surface area contributed by atoms with Crippen molar-refractivity contribution in [3.63, 3.8) is 0 Å². The van der Waals surface area contributed by atoms with Crippen molar-refractivity contribution >= 4 is 46.3 Å². The average Bonchev–Trinajstić information content (AvgIpc) is 3.33. The summed E-state index contributed by atoms with van der Waals surface area (Å²) in [5.74, 6) is 0.523. The van der Waals surface area contributed by atoms with Crippen LogP contribution < -0.4 is 4.90 Å². The van der Waals surface area contributed by atoms with Crippen LogP contribution in [0.25, 0.3) is 11.3 Å². The topological polar surface area (TPSA) is 52.2 Å². The minimum atomic E-state index is -0.420. The molecule has 1 saturated heterocycles. The van der Waals surface area contributed by atoms with Crippen LogP contribution in [0.1, 0.15) is 16.1 Å². The van der Waals surface area contributed by atoms with E-state index in [1.54, 1.807) is 23.5 Å². The van der Waals surface area contributed by atoms with Gasteiger partial charge in [0.15, 0.2) is 0 Å². The van der Waals surface area contributed by atoms with E-state index in [1.807, 2.05) is 16.7 Å². The zero-order valence-corrected chi connectivity index (χ0v) is 17.8. The number of hydrogen-bond acceptors (Lipinski definition) is 5. The van der Waals surface area contributed by atoms with Crippen molar-refractivity contribution in [3.05, 3.63) is 51.7 Å². The third kappa shape index (κ3) is 3.43. The van der Waals surface area contributed by atoms with Crippen LogP contribution in [-0.4, -0.2) is 52.9 Å². The van der Waals surface area contributed by atoms with Crippen molar-refractivity contribution < 1.29 is 9.18 Å². The largest absolute Gasteiger partial charge is 0.368 e. The summed E-state index contributed by atoms with van der Waals surface area (Å²) < 4.78 is 14.7. The number of amides is 1. The molecule has 9 heteroatoms. The Bertz CT molecular complexity index is 1070. The molecule has 2 aliphatic heterocycles. The molecule has 0 bridgehead atoms. The Balaban J connectivity index is 1.33. The number of nitrogens with zero attached hydrogens (tertiary/aromatic N) is 3. The lowest BCUT2D eigenvalue weighted by Gasteiger charge is -2.36. The zero-order valence-electron chi connectivity index (χ0n) is 15.5. The minimum absolute atomic E-state index is 0.000724. The lowest BCUT2D eigenvalue weighted by Crippen LogP contribution is -2.49. The van der Waals surface area contributed by atoms with Crippen LogP contribution in [0.4, 0.5) is 10.1 Å². The van der Waals surface area contributed by atoms with Crippen LogP contribution in [0, 0.1) is 5.82 Å². The first kappa shape index (κ1) is 19.0. The highest BCUT2D eigenvalue weighted by Crippen LogP contribution is 2.41. The number of benzene rings is 1. The Morgan fingerprint density at radius 3 is 2.83 bits per heavy atom. The predicted molar refractivity (Wildman–Crippen MR) is 116 cm³/mol. The summed E-state index contributed by atoms with van der Waals surface area (Å²) in [5, 5.41) is 9.69. The molecule has 0 atom stereocenters. The van der Waals surface area contributed by atoms with Crippen molar-refractivity contribution in [2.75, 3.05) is 36.8 Å². The first-order chi connectivity index (χ1) is 14.1. The number of anilines is 1. The molecule has 0 radical (unpaired) electrons. The van der Waals surface area contributed by atoms with E-state index in [2.05, 4.69) is 26.5 Å². The molecule has 2 aliphatic rings. The van der Waals surface area contributed by atoms with Crippen LogP contribution >= 0.6 is 34.7 Å². The number of thioether (sulfide) groups is 1. The molecule has 150 valence electrons. The molecule has 0 unspecified atom stereocenters. The first-order valence-electron chi connectivity index (χ1n) is 9.39. The molecule has 29 heavy (non-hydrogen) atoms. The lowest BCUT2D eigenvalue weighted by molar-refractivity contribution is 0.0740. The molecule has 5 rings (SSSR count). The summed E-state index contributed by atoms with van der Waals surface area (Å²) in [6, 6.07) is 6.83. The summed E-state index contributed by atoms with van der Waals surface area (Å²) in [7, 11) is 0. The van der Waals surface area contributed by atoms with Crippen LogP contribution in [0.2, 0.25) is 5.02 Å². The van der Waals surface area contributed by atoms with Gasteiger partial charge < -0.3 is 9.80 Å². The molecule has 0 saturated carbocycles. The van der Waals surface area contributed by atoms with Crippen molar-refractivity contribution in [1.29, 1.82) is 0 Å². The maximum Gasteiger partial charge on any atom is 0.272 e. The number of aromatic nitrogens is 2. The van der Waals surface area contributed by atoms with E-state index < -0.39 is 5.82 Å². The number of aromatic amines is 1. The van der Waals surface area contributed by atoms with Crippen molar-refractivity contribution in [2.45, 2.75) is 10.6 Å². The third-order valence-electron chi connectivity index (χ3n) is 5.39.